The lowest BCUT2D eigenvalue weighted by Crippen LogP contribution is -2.45. The Balaban J connectivity index is 0.00000200. The Morgan fingerprint density at radius 3 is 2.62 bits per heavy atom. The Morgan fingerprint density at radius 2 is 2.05 bits per heavy atom. The molecule has 2 saturated heterocycles. The number of likely N-dealkylation sites (tertiary alicyclic amines) is 1. The van der Waals surface area contributed by atoms with Crippen LogP contribution in [0.4, 0.5) is 0 Å². The van der Waals surface area contributed by atoms with Crippen molar-refractivity contribution in [2.45, 2.75) is 38.8 Å². The van der Waals surface area contributed by atoms with Gasteiger partial charge in [0.05, 0.1) is 13.2 Å². The van der Waals surface area contributed by atoms with Crippen molar-refractivity contribution in [1.82, 2.24) is 15.1 Å². The Bertz CT molecular complexity index is 298. The van der Waals surface area contributed by atoms with E-state index in [1.54, 1.807) is 0 Å². The van der Waals surface area contributed by atoms with Gasteiger partial charge in [0.1, 0.15) is 0 Å². The van der Waals surface area contributed by atoms with Gasteiger partial charge in [0.25, 0.3) is 0 Å². The predicted octanol–water partition coefficient (Wildman–Crippen LogP) is 1.15. The van der Waals surface area contributed by atoms with Gasteiger partial charge in [-0.3, -0.25) is 9.69 Å². The fourth-order valence-corrected chi connectivity index (χ4v) is 3.10. The Morgan fingerprint density at radius 1 is 1.33 bits per heavy atom. The van der Waals surface area contributed by atoms with Gasteiger partial charge in [-0.05, 0) is 19.5 Å². The average Bonchev–Trinajstić information content (AvgIpc) is 2.91. The summed E-state index contributed by atoms with van der Waals surface area (Å²) in [6.07, 6.45) is 1.69. The molecule has 0 aromatic carbocycles. The van der Waals surface area contributed by atoms with E-state index < -0.39 is 0 Å². The van der Waals surface area contributed by atoms with Crippen molar-refractivity contribution >= 4 is 30.7 Å². The normalized spacial score (nSPS) is 25.4. The smallest absolute Gasteiger partial charge is 0.224 e. The monoisotopic (exact) mass is 341 g/mol. The molecule has 2 rings (SSSR count). The Hall–Kier alpha value is -0.0700. The fraction of sp³-hybridized carbons (Fsp3) is 0.929. The highest BCUT2D eigenvalue weighted by molar-refractivity contribution is 5.85. The van der Waals surface area contributed by atoms with Crippen LogP contribution in [0.2, 0.25) is 0 Å². The van der Waals surface area contributed by atoms with Crippen molar-refractivity contribution in [2.75, 3.05) is 45.9 Å². The van der Waals surface area contributed by atoms with Crippen LogP contribution < -0.4 is 5.32 Å². The first-order valence-corrected chi connectivity index (χ1v) is 7.57. The minimum absolute atomic E-state index is 0. The molecule has 0 aromatic heterocycles. The van der Waals surface area contributed by atoms with Crippen LogP contribution in [0.25, 0.3) is 0 Å². The maximum absolute atomic E-state index is 12.3. The molecule has 7 heteroatoms. The van der Waals surface area contributed by atoms with Gasteiger partial charge in [-0.1, -0.05) is 13.8 Å². The molecule has 2 heterocycles. The first-order chi connectivity index (χ1) is 9.24. The number of hydrogen-bond donors (Lipinski definition) is 1. The number of rotatable bonds is 5. The number of halogens is 2. The van der Waals surface area contributed by atoms with Crippen LogP contribution in [0.15, 0.2) is 0 Å². The van der Waals surface area contributed by atoms with Crippen LogP contribution in [0.5, 0.6) is 0 Å². The number of likely N-dealkylation sites (N-methyl/N-ethyl adjacent to an activating group) is 1. The minimum Gasteiger partial charge on any atom is -0.378 e. The van der Waals surface area contributed by atoms with Crippen molar-refractivity contribution in [2.24, 2.45) is 0 Å². The number of carbonyl (C=O) groups excluding carboxylic acids is 1. The van der Waals surface area contributed by atoms with E-state index in [9.17, 15) is 4.79 Å². The average molecular weight is 342 g/mol. The molecular weight excluding hydrogens is 313 g/mol. The highest BCUT2D eigenvalue weighted by atomic mass is 35.5. The van der Waals surface area contributed by atoms with E-state index >= 15 is 0 Å². The second kappa shape index (κ2) is 10.6. The van der Waals surface area contributed by atoms with E-state index in [2.05, 4.69) is 24.1 Å². The molecule has 2 aliphatic heterocycles. The topological polar surface area (TPSA) is 44.8 Å². The molecule has 1 amide bonds. The highest BCUT2D eigenvalue weighted by Gasteiger charge is 2.30. The van der Waals surface area contributed by atoms with Crippen molar-refractivity contribution in [3.8, 4) is 0 Å². The predicted molar refractivity (Wildman–Crippen MR) is 89.6 cm³/mol. The van der Waals surface area contributed by atoms with E-state index in [-0.39, 0.29) is 36.8 Å². The summed E-state index contributed by atoms with van der Waals surface area (Å²) in [5.41, 5.74) is 0. The summed E-state index contributed by atoms with van der Waals surface area (Å²) in [7, 11) is 0. The van der Waals surface area contributed by atoms with Gasteiger partial charge in [-0.25, -0.2) is 0 Å². The molecule has 0 aliphatic carbocycles. The van der Waals surface area contributed by atoms with Gasteiger partial charge in [0.2, 0.25) is 5.91 Å². The lowest BCUT2D eigenvalue weighted by atomic mass is 10.2. The van der Waals surface area contributed by atoms with Gasteiger partial charge < -0.3 is 15.0 Å². The lowest BCUT2D eigenvalue weighted by Gasteiger charge is -2.27. The number of ether oxygens (including phenoxy) is 1. The molecule has 0 bridgehead atoms. The summed E-state index contributed by atoms with van der Waals surface area (Å²) in [5, 5.41) is 3.35. The van der Waals surface area contributed by atoms with Gasteiger partial charge in [0.15, 0.2) is 0 Å². The summed E-state index contributed by atoms with van der Waals surface area (Å²) in [5.74, 6) is 0.276. The van der Waals surface area contributed by atoms with E-state index in [0.29, 0.717) is 19.1 Å². The molecule has 1 N–H and O–H groups in total. The molecule has 2 fully saturated rings. The lowest BCUT2D eigenvalue weighted by molar-refractivity contribution is -0.131. The van der Waals surface area contributed by atoms with E-state index in [1.807, 2.05) is 4.90 Å². The number of hydrogen-bond acceptors (Lipinski definition) is 4. The third-order valence-corrected chi connectivity index (χ3v) is 4.26. The number of carbonyl (C=O) groups is 1. The quantitative estimate of drug-likeness (QED) is 0.814. The molecule has 0 aromatic rings. The SMILES string of the molecule is CCN(CC)C1CCN(C(=O)CC2COCCN2)C1.Cl.Cl. The number of morpholine rings is 1. The van der Waals surface area contributed by atoms with E-state index in [4.69, 9.17) is 4.74 Å². The molecular formula is C14H29Cl2N3O2. The first kappa shape index (κ1) is 20.9. The summed E-state index contributed by atoms with van der Waals surface area (Å²) in [4.78, 5) is 16.8. The van der Waals surface area contributed by atoms with Crippen LogP contribution in [0.1, 0.15) is 26.7 Å². The molecule has 0 radical (unpaired) electrons. The van der Waals surface area contributed by atoms with Crippen molar-refractivity contribution in [3.05, 3.63) is 0 Å². The molecule has 0 spiro atoms. The van der Waals surface area contributed by atoms with Crippen molar-refractivity contribution in [3.63, 3.8) is 0 Å². The molecule has 126 valence electrons. The largest absolute Gasteiger partial charge is 0.378 e. The molecule has 2 atom stereocenters. The standard InChI is InChI=1S/C14H27N3O2.2ClH/c1-3-16(4-2)13-5-7-17(10-13)14(18)9-12-11-19-8-6-15-12;;/h12-13,15H,3-11H2,1-2H3;2*1H. The van der Waals surface area contributed by atoms with Crippen LogP contribution in [-0.2, 0) is 9.53 Å². The van der Waals surface area contributed by atoms with Gasteiger partial charge >= 0.3 is 0 Å². The van der Waals surface area contributed by atoms with Crippen LogP contribution in [-0.4, -0.2) is 73.7 Å². The maximum atomic E-state index is 12.3. The summed E-state index contributed by atoms with van der Waals surface area (Å²) in [6, 6.07) is 0.753. The fourth-order valence-electron chi connectivity index (χ4n) is 3.10. The zero-order valence-electron chi connectivity index (χ0n) is 13.0. The summed E-state index contributed by atoms with van der Waals surface area (Å²) < 4.78 is 5.40. The third-order valence-electron chi connectivity index (χ3n) is 4.26. The van der Waals surface area contributed by atoms with Gasteiger partial charge in [-0.2, -0.15) is 0 Å². The molecule has 0 saturated carbocycles. The zero-order valence-corrected chi connectivity index (χ0v) is 14.7. The Kier molecular flexibility index (Phi) is 10.6. The summed E-state index contributed by atoms with van der Waals surface area (Å²) in [6.45, 7) is 10.6. The number of nitrogens with zero attached hydrogens (tertiary/aromatic N) is 2. The second-order valence-electron chi connectivity index (χ2n) is 5.43. The molecule has 5 nitrogen and oxygen atoms in total. The van der Waals surface area contributed by atoms with E-state index in [1.165, 1.54) is 0 Å². The Labute approximate surface area is 140 Å². The molecule has 2 aliphatic rings. The first-order valence-electron chi connectivity index (χ1n) is 7.57. The highest BCUT2D eigenvalue weighted by Crippen LogP contribution is 2.17. The van der Waals surface area contributed by atoms with Crippen LogP contribution in [0.3, 0.4) is 0 Å². The molecule has 2 unspecified atom stereocenters. The van der Waals surface area contributed by atoms with Crippen molar-refractivity contribution < 1.29 is 9.53 Å². The van der Waals surface area contributed by atoms with Crippen molar-refractivity contribution in [1.29, 1.82) is 0 Å². The third kappa shape index (κ3) is 5.91. The minimum atomic E-state index is 0. The second-order valence-corrected chi connectivity index (χ2v) is 5.43. The molecule has 21 heavy (non-hydrogen) atoms. The van der Waals surface area contributed by atoms with Gasteiger partial charge in [0, 0.05) is 38.1 Å². The maximum Gasteiger partial charge on any atom is 0.224 e. The number of nitrogens with one attached hydrogen (secondary N) is 1. The summed E-state index contributed by atoms with van der Waals surface area (Å²) >= 11 is 0. The number of amides is 1. The van der Waals surface area contributed by atoms with Crippen LogP contribution >= 0.6 is 24.8 Å². The van der Waals surface area contributed by atoms with E-state index in [0.717, 1.165) is 45.8 Å². The zero-order chi connectivity index (χ0) is 13.7. The van der Waals surface area contributed by atoms with Crippen LogP contribution in [0, 0.1) is 0 Å². The van der Waals surface area contributed by atoms with Gasteiger partial charge in [-0.15, -0.1) is 24.8 Å².